The Morgan fingerprint density at radius 2 is 1.96 bits per heavy atom. The lowest BCUT2D eigenvalue weighted by molar-refractivity contribution is -0.268. The van der Waals surface area contributed by atoms with Gasteiger partial charge in [-0.1, -0.05) is 18.2 Å². The summed E-state index contributed by atoms with van der Waals surface area (Å²) in [7, 11) is 1.50. The fourth-order valence-corrected chi connectivity index (χ4v) is 4.11. The summed E-state index contributed by atoms with van der Waals surface area (Å²) in [6, 6.07) is 5.92. The number of rotatable bonds is 8. The zero-order valence-corrected chi connectivity index (χ0v) is 15.8. The maximum Gasteiger partial charge on any atom is 0.423 e. The molecule has 0 bridgehead atoms. The molecule has 0 saturated heterocycles. The van der Waals surface area contributed by atoms with Gasteiger partial charge in [-0.25, -0.2) is 0 Å². The predicted octanol–water partition coefficient (Wildman–Crippen LogP) is 2.66. The van der Waals surface area contributed by atoms with Gasteiger partial charge in [-0.3, -0.25) is 0 Å². The van der Waals surface area contributed by atoms with Gasteiger partial charge < -0.3 is 21.4 Å². The molecule has 1 aromatic carbocycles. The molecule has 1 aromatic heterocycles. The molecule has 5 N–H and O–H groups in total. The number of alkyl halides is 3. The van der Waals surface area contributed by atoms with Crippen molar-refractivity contribution in [3.05, 3.63) is 30.0 Å². The van der Waals surface area contributed by atoms with Gasteiger partial charge in [0.2, 0.25) is 5.60 Å². The normalized spacial score (nSPS) is 15.0. The van der Waals surface area contributed by atoms with Crippen LogP contribution in [0, 0.1) is 0 Å². The van der Waals surface area contributed by atoms with Gasteiger partial charge in [0.25, 0.3) is 0 Å². The van der Waals surface area contributed by atoms with E-state index in [0.29, 0.717) is 28.5 Å². The molecule has 1 heterocycles. The van der Waals surface area contributed by atoms with Crippen LogP contribution < -0.4 is 11.5 Å². The quantitative estimate of drug-likeness (QED) is 0.458. The van der Waals surface area contributed by atoms with E-state index in [2.05, 4.69) is 10.1 Å². The third-order valence-electron chi connectivity index (χ3n) is 3.62. The van der Waals surface area contributed by atoms with E-state index in [0.717, 1.165) is 11.5 Å². The number of fused-ring (bicyclic) bond motifs is 1. The van der Waals surface area contributed by atoms with Crippen molar-refractivity contribution >= 4 is 39.7 Å². The Labute approximate surface area is 158 Å². The molecule has 0 fully saturated rings. The zero-order chi connectivity index (χ0) is 19.8. The molecule has 0 aliphatic carbocycles. The first-order valence-corrected chi connectivity index (χ1v) is 9.73. The van der Waals surface area contributed by atoms with Crippen LogP contribution in [-0.4, -0.2) is 46.5 Å². The third kappa shape index (κ3) is 5.40. The first-order chi connectivity index (χ1) is 12.3. The molecular weight excluding hydrogens is 387 g/mol. The number of aldehydes is 1. The fourth-order valence-electron chi connectivity index (χ4n) is 2.19. The molecule has 0 aliphatic heterocycles. The lowest BCUT2D eigenvalue weighted by Crippen LogP contribution is -2.43. The lowest BCUT2D eigenvalue weighted by Gasteiger charge is -2.29. The molecule has 5 nitrogen and oxygen atoms in total. The number of carbonyl (C=O) groups excluding carboxylic acids is 1. The summed E-state index contributed by atoms with van der Waals surface area (Å²) >= 11 is 2.15. The average Bonchev–Trinajstić information content (AvgIpc) is 3.06. The van der Waals surface area contributed by atoms with Crippen LogP contribution in [0.4, 0.5) is 13.2 Å². The highest BCUT2D eigenvalue weighted by Crippen LogP contribution is 2.44. The molecule has 0 aliphatic rings. The number of thioether (sulfide) groups is 1. The van der Waals surface area contributed by atoms with Gasteiger partial charge in [-0.05, 0) is 49.0 Å². The maximum absolute atomic E-state index is 13.5. The van der Waals surface area contributed by atoms with Gasteiger partial charge in [0.05, 0.1) is 10.7 Å². The Hall–Kier alpha value is -1.20. The van der Waals surface area contributed by atoms with Crippen LogP contribution in [0.3, 0.4) is 0 Å². The highest BCUT2D eigenvalue weighted by molar-refractivity contribution is 7.99. The summed E-state index contributed by atoms with van der Waals surface area (Å²) in [5.41, 5.74) is 6.59. The highest BCUT2D eigenvalue weighted by atomic mass is 32.2. The molecule has 26 heavy (non-hydrogen) atoms. The van der Waals surface area contributed by atoms with E-state index in [1.165, 1.54) is 24.9 Å². The van der Waals surface area contributed by atoms with Gasteiger partial charge in [0, 0.05) is 5.39 Å². The Bertz CT molecular complexity index is 697. The van der Waals surface area contributed by atoms with Crippen molar-refractivity contribution in [2.24, 2.45) is 11.5 Å². The second kappa shape index (κ2) is 10.2. The van der Waals surface area contributed by atoms with Crippen molar-refractivity contribution in [3.63, 3.8) is 0 Å². The monoisotopic (exact) mass is 409 g/mol. The number of hydrogen-bond acceptors (Lipinski definition) is 7. The van der Waals surface area contributed by atoms with Gasteiger partial charge in [-0.15, -0.1) is 0 Å². The molecule has 146 valence electrons. The molecule has 10 heteroatoms. The van der Waals surface area contributed by atoms with E-state index in [-0.39, 0.29) is 11.4 Å². The van der Waals surface area contributed by atoms with Crippen molar-refractivity contribution in [3.8, 4) is 0 Å². The molecule has 0 saturated carbocycles. The summed E-state index contributed by atoms with van der Waals surface area (Å²) in [6.45, 7) is 0. The van der Waals surface area contributed by atoms with Crippen molar-refractivity contribution in [2.45, 2.75) is 30.7 Å². The molecule has 0 radical (unpaired) electrons. The second-order valence-electron chi connectivity index (χ2n) is 5.34. The standard InChI is InChI=1S/C15H17F3N2O2S2.CH5N/c16-15(17,18)14(22,6-8-23-7-5-10(19)9-21)13-11-3-1-2-4-12(11)24-20-13;1-2/h1-4,9-10,22H,5-8,19H2;2H2,1H3. The zero-order valence-electron chi connectivity index (χ0n) is 14.2. The molecule has 0 spiro atoms. The summed E-state index contributed by atoms with van der Waals surface area (Å²) in [5, 5.41) is 10.7. The average molecular weight is 409 g/mol. The van der Waals surface area contributed by atoms with Crippen LogP contribution in [0.2, 0.25) is 0 Å². The third-order valence-corrected chi connectivity index (χ3v) is 5.46. The SMILES string of the molecule is CN.NC(C=O)CCSCCC(O)(c1nsc2ccccc12)C(F)(F)F. The predicted molar refractivity (Wildman–Crippen MR) is 100 cm³/mol. The summed E-state index contributed by atoms with van der Waals surface area (Å²) < 4.78 is 45.0. The van der Waals surface area contributed by atoms with Crippen molar-refractivity contribution in [2.75, 3.05) is 18.6 Å². The van der Waals surface area contributed by atoms with Crippen LogP contribution >= 0.6 is 23.3 Å². The minimum absolute atomic E-state index is 0.0768. The molecule has 2 aromatic rings. The van der Waals surface area contributed by atoms with Crippen LogP contribution in [0.1, 0.15) is 18.5 Å². The van der Waals surface area contributed by atoms with Gasteiger partial charge in [0.1, 0.15) is 12.0 Å². The molecular formula is C16H22F3N3O2S2. The number of carbonyl (C=O) groups is 1. The summed E-state index contributed by atoms with van der Waals surface area (Å²) in [6.07, 6.45) is -4.35. The fraction of sp³-hybridized carbons (Fsp3) is 0.500. The van der Waals surface area contributed by atoms with Crippen LogP contribution in [0.5, 0.6) is 0 Å². The first-order valence-electron chi connectivity index (χ1n) is 7.80. The number of hydrogen-bond donors (Lipinski definition) is 3. The first kappa shape index (κ1) is 22.8. The Balaban J connectivity index is 0.00000163. The van der Waals surface area contributed by atoms with Crippen molar-refractivity contribution < 1.29 is 23.1 Å². The number of aliphatic hydroxyl groups is 1. The minimum Gasteiger partial charge on any atom is -0.375 e. The summed E-state index contributed by atoms with van der Waals surface area (Å²) in [5.74, 6) is 0.527. The number of benzene rings is 1. The van der Waals surface area contributed by atoms with E-state index in [1.807, 2.05) is 0 Å². The lowest BCUT2D eigenvalue weighted by atomic mass is 9.93. The number of halogens is 3. The van der Waals surface area contributed by atoms with Crippen molar-refractivity contribution in [1.29, 1.82) is 0 Å². The number of aromatic nitrogens is 1. The van der Waals surface area contributed by atoms with E-state index < -0.39 is 24.2 Å². The molecule has 2 atom stereocenters. The second-order valence-corrected chi connectivity index (χ2v) is 7.37. The molecule has 2 rings (SSSR count). The summed E-state index contributed by atoms with van der Waals surface area (Å²) in [4.78, 5) is 10.4. The topological polar surface area (TPSA) is 102 Å². The molecule has 2 unspecified atom stereocenters. The smallest absolute Gasteiger partial charge is 0.375 e. The largest absolute Gasteiger partial charge is 0.423 e. The van der Waals surface area contributed by atoms with E-state index in [9.17, 15) is 23.1 Å². The Morgan fingerprint density at radius 3 is 2.58 bits per heavy atom. The number of nitrogens with two attached hydrogens (primary N) is 2. The highest BCUT2D eigenvalue weighted by Gasteiger charge is 2.56. The molecule has 0 amide bonds. The van der Waals surface area contributed by atoms with Crippen molar-refractivity contribution in [1.82, 2.24) is 4.37 Å². The number of nitrogens with zero attached hydrogens (tertiary/aromatic N) is 1. The van der Waals surface area contributed by atoms with E-state index in [1.54, 1.807) is 18.2 Å². The maximum atomic E-state index is 13.5. The van der Waals surface area contributed by atoms with Crippen LogP contribution in [0.15, 0.2) is 24.3 Å². The van der Waals surface area contributed by atoms with Crippen LogP contribution in [-0.2, 0) is 10.4 Å². The van der Waals surface area contributed by atoms with E-state index >= 15 is 0 Å². The van der Waals surface area contributed by atoms with E-state index in [4.69, 9.17) is 5.73 Å². The van der Waals surface area contributed by atoms with Gasteiger partial charge >= 0.3 is 6.18 Å². The van der Waals surface area contributed by atoms with Crippen LogP contribution in [0.25, 0.3) is 10.1 Å². The minimum atomic E-state index is -4.83. The van der Waals surface area contributed by atoms with Gasteiger partial charge in [0.15, 0.2) is 0 Å². The van der Waals surface area contributed by atoms with Gasteiger partial charge in [-0.2, -0.15) is 29.3 Å². The Morgan fingerprint density at radius 1 is 1.31 bits per heavy atom. The Kier molecular flexibility index (Phi) is 8.97.